The Labute approximate surface area is 256 Å². The molecule has 11 nitrogen and oxygen atoms in total. The van der Waals surface area contributed by atoms with Crippen LogP contribution in [0.4, 0.5) is 5.69 Å². The Kier molecular flexibility index (Phi) is 9.85. The van der Waals surface area contributed by atoms with E-state index < -0.39 is 47.3 Å². The molecule has 0 spiro atoms. The van der Waals surface area contributed by atoms with Crippen molar-refractivity contribution in [3.63, 3.8) is 0 Å². The van der Waals surface area contributed by atoms with Gasteiger partial charge in [0.15, 0.2) is 1.41 Å². The van der Waals surface area contributed by atoms with E-state index >= 15 is 0 Å². The van der Waals surface area contributed by atoms with Gasteiger partial charge in [-0.25, -0.2) is 4.79 Å². The Balaban J connectivity index is 1.42. The summed E-state index contributed by atoms with van der Waals surface area (Å²) in [4.78, 5) is 66.7. The molecule has 3 aromatic carbocycles. The molecule has 4 rings (SSSR count). The van der Waals surface area contributed by atoms with Crippen LogP contribution in [0.25, 0.3) is 0 Å². The fourth-order valence-electron chi connectivity index (χ4n) is 4.45. The molecule has 44 heavy (non-hydrogen) atoms. The SMILES string of the molecule is [2H]N(C(=O)C1(C)Oc2ccccc2N(C)C1=O)[C@@H](C)C(=O)N[C@@H](CCC(=O)OCc1ccccc1)C(=O)OCc1ccccc1. The Bertz CT molecular complexity index is 1540. The molecule has 1 aliphatic rings. The molecule has 3 aromatic rings. The van der Waals surface area contributed by atoms with Crippen molar-refractivity contribution in [2.45, 2.75) is 57.6 Å². The number of nitrogens with one attached hydrogen (secondary N) is 2. The summed E-state index contributed by atoms with van der Waals surface area (Å²) < 4.78 is 24.9. The molecule has 3 amide bonds. The Morgan fingerprint density at radius 1 is 0.909 bits per heavy atom. The van der Waals surface area contributed by atoms with Crippen LogP contribution in [0, 0.1) is 0 Å². The summed E-state index contributed by atoms with van der Waals surface area (Å²) in [5.74, 6) is -3.81. The summed E-state index contributed by atoms with van der Waals surface area (Å²) >= 11 is 0. The molecule has 0 radical (unpaired) electrons. The third-order valence-electron chi connectivity index (χ3n) is 7.06. The molecule has 0 aliphatic carbocycles. The van der Waals surface area contributed by atoms with E-state index in [1.54, 1.807) is 60.7 Å². The lowest BCUT2D eigenvalue weighted by atomic mass is 10.00. The zero-order valence-corrected chi connectivity index (χ0v) is 24.7. The molecule has 0 bridgehead atoms. The molecule has 0 aromatic heterocycles. The Morgan fingerprint density at radius 2 is 1.48 bits per heavy atom. The van der Waals surface area contributed by atoms with Crippen LogP contribution in [-0.2, 0) is 46.7 Å². The van der Waals surface area contributed by atoms with E-state index in [0.717, 1.165) is 5.56 Å². The summed E-state index contributed by atoms with van der Waals surface area (Å²) in [6.45, 7) is 2.48. The second-order valence-electron chi connectivity index (χ2n) is 10.4. The summed E-state index contributed by atoms with van der Waals surface area (Å²) in [5.41, 5.74) is -0.160. The Hall–Kier alpha value is -5.19. The molecule has 0 fully saturated rings. The van der Waals surface area contributed by atoms with Crippen LogP contribution in [0.5, 0.6) is 5.75 Å². The van der Waals surface area contributed by atoms with E-state index in [-0.39, 0.29) is 31.8 Å². The third-order valence-corrected chi connectivity index (χ3v) is 7.06. The lowest BCUT2D eigenvalue weighted by Gasteiger charge is -2.38. The predicted molar refractivity (Wildman–Crippen MR) is 160 cm³/mol. The van der Waals surface area contributed by atoms with Gasteiger partial charge in [0, 0.05) is 13.5 Å². The number of fused-ring (bicyclic) bond motifs is 1. The fraction of sp³-hybridized carbons (Fsp3) is 0.303. The molecule has 1 unspecified atom stereocenters. The summed E-state index contributed by atoms with van der Waals surface area (Å²) in [6, 6.07) is 21.8. The van der Waals surface area contributed by atoms with Crippen molar-refractivity contribution in [2.75, 3.05) is 11.9 Å². The smallest absolute Gasteiger partial charge is 0.328 e. The quantitative estimate of drug-likeness (QED) is 0.238. The summed E-state index contributed by atoms with van der Waals surface area (Å²) in [6.07, 6.45) is -0.380. The van der Waals surface area contributed by atoms with Crippen LogP contribution >= 0.6 is 0 Å². The number of likely N-dealkylation sites (N-methyl/N-ethyl adjacent to an activating group) is 1. The van der Waals surface area contributed by atoms with E-state index in [1.807, 2.05) is 24.3 Å². The summed E-state index contributed by atoms with van der Waals surface area (Å²) in [7, 11) is 1.48. The molecule has 1 heterocycles. The lowest BCUT2D eigenvalue weighted by molar-refractivity contribution is -0.151. The van der Waals surface area contributed by atoms with Gasteiger partial charge in [-0.3, -0.25) is 19.2 Å². The number of anilines is 1. The number of carbonyl (C=O) groups excluding carboxylic acids is 5. The van der Waals surface area contributed by atoms with Crippen molar-refractivity contribution in [2.24, 2.45) is 0 Å². The summed E-state index contributed by atoms with van der Waals surface area (Å²) in [5, 5.41) is 2.84. The van der Waals surface area contributed by atoms with Gasteiger partial charge in [0.05, 0.1) is 5.69 Å². The second kappa shape index (κ2) is 14.3. The van der Waals surface area contributed by atoms with Crippen LogP contribution in [0.3, 0.4) is 0 Å². The maximum Gasteiger partial charge on any atom is 0.328 e. The van der Waals surface area contributed by atoms with Gasteiger partial charge in [-0.1, -0.05) is 72.8 Å². The first-order valence-electron chi connectivity index (χ1n) is 14.5. The van der Waals surface area contributed by atoms with Crippen LogP contribution in [0.15, 0.2) is 84.9 Å². The molecule has 3 atom stereocenters. The number of nitrogens with zero attached hydrogens (tertiary/aromatic N) is 1. The number of carbonyl (C=O) groups is 5. The first-order valence-corrected chi connectivity index (χ1v) is 14.1. The first kappa shape index (κ1) is 30.3. The minimum atomic E-state index is -2.12. The normalized spacial score (nSPS) is 17.2. The fourth-order valence-corrected chi connectivity index (χ4v) is 4.45. The molecule has 230 valence electrons. The van der Waals surface area contributed by atoms with Gasteiger partial charge in [0.2, 0.25) is 5.91 Å². The van der Waals surface area contributed by atoms with Crippen molar-refractivity contribution in [1.82, 2.24) is 10.6 Å². The van der Waals surface area contributed by atoms with Crippen molar-refractivity contribution < 1.29 is 39.6 Å². The molecule has 0 saturated carbocycles. The van der Waals surface area contributed by atoms with Crippen LogP contribution < -0.4 is 20.3 Å². The maximum atomic E-state index is 13.4. The number of amides is 3. The molecular formula is C33H35N3O8. The van der Waals surface area contributed by atoms with Gasteiger partial charge in [-0.2, -0.15) is 0 Å². The topological polar surface area (TPSA) is 140 Å². The monoisotopic (exact) mass is 602 g/mol. The van der Waals surface area contributed by atoms with Gasteiger partial charge >= 0.3 is 11.9 Å². The highest BCUT2D eigenvalue weighted by Crippen LogP contribution is 2.36. The predicted octanol–water partition coefficient (Wildman–Crippen LogP) is 3.06. The molecule has 1 aliphatic heterocycles. The van der Waals surface area contributed by atoms with Gasteiger partial charge in [-0.15, -0.1) is 0 Å². The first-order chi connectivity index (χ1) is 21.5. The number of para-hydroxylation sites is 2. The molecular weight excluding hydrogens is 566 g/mol. The van der Waals surface area contributed by atoms with Crippen LogP contribution in [0.2, 0.25) is 1.41 Å². The average Bonchev–Trinajstić information content (AvgIpc) is 3.06. The zero-order chi connectivity index (χ0) is 32.6. The molecule has 11 heteroatoms. The number of rotatable bonds is 12. The van der Waals surface area contributed by atoms with Crippen LogP contribution in [-0.4, -0.2) is 54.4 Å². The minimum Gasteiger partial charge on any atom is -0.466 e. The van der Waals surface area contributed by atoms with Crippen molar-refractivity contribution in [3.05, 3.63) is 96.1 Å². The molecule has 0 saturated heterocycles. The number of hydrogen-bond acceptors (Lipinski definition) is 8. The van der Waals surface area contributed by atoms with Gasteiger partial charge in [-0.05, 0) is 43.5 Å². The second-order valence-corrected chi connectivity index (χ2v) is 10.4. The van der Waals surface area contributed by atoms with Gasteiger partial charge in [0.25, 0.3) is 17.4 Å². The van der Waals surface area contributed by atoms with Crippen LogP contribution in [0.1, 0.15) is 37.8 Å². The van der Waals surface area contributed by atoms with E-state index in [2.05, 4.69) is 5.32 Å². The van der Waals surface area contributed by atoms with Crippen molar-refractivity contribution in [1.29, 1.82) is 0 Å². The lowest BCUT2D eigenvalue weighted by Crippen LogP contribution is -2.63. The van der Waals surface area contributed by atoms with E-state index in [9.17, 15) is 24.0 Å². The average molecular weight is 603 g/mol. The largest absolute Gasteiger partial charge is 0.466 e. The number of esters is 2. The number of ether oxygens (including phenoxy) is 3. The standard InChI is InChI=1S/C33H35N3O8/c1-22(34-31(40)33(2)32(41)36(3)26-16-10-11-17-27(26)44-33)29(38)35-25(30(39)43-21-24-14-8-5-9-15-24)18-19-28(37)42-20-23-12-6-4-7-13-23/h4-17,22,25H,18-21H2,1-3H3,(H,34,40)(H,35,38)/t22-,25-,33?/m0/s1/i/hD. The molecule has 2 N–H and O–H groups in total. The third kappa shape index (κ3) is 7.80. The Morgan fingerprint density at radius 3 is 2.11 bits per heavy atom. The highest BCUT2D eigenvalue weighted by molar-refractivity contribution is 6.16. The van der Waals surface area contributed by atoms with Crippen molar-refractivity contribution in [3.8, 4) is 5.75 Å². The van der Waals surface area contributed by atoms with E-state index in [0.29, 0.717) is 16.6 Å². The zero-order valence-electron chi connectivity index (χ0n) is 25.7. The number of benzene rings is 3. The number of hydrogen-bond donors (Lipinski definition) is 2. The van der Waals surface area contributed by atoms with Gasteiger partial charge in [0.1, 0.15) is 31.0 Å². The van der Waals surface area contributed by atoms with E-state index in [1.165, 1.54) is 25.8 Å². The van der Waals surface area contributed by atoms with E-state index in [4.69, 9.17) is 15.6 Å². The van der Waals surface area contributed by atoms with Gasteiger partial charge < -0.3 is 29.7 Å². The maximum absolute atomic E-state index is 13.4. The highest BCUT2D eigenvalue weighted by Gasteiger charge is 2.50. The minimum absolute atomic E-state index is 0.0430. The highest BCUT2D eigenvalue weighted by atomic mass is 16.5. The van der Waals surface area contributed by atoms with Crippen molar-refractivity contribution >= 4 is 35.3 Å².